The number of thiophene rings is 1. The number of piperidine rings is 1. The number of carbonyl (C=O) groups is 1. The summed E-state index contributed by atoms with van der Waals surface area (Å²) >= 11 is 1.74. The molecule has 1 amide bonds. The summed E-state index contributed by atoms with van der Waals surface area (Å²) in [6.45, 7) is 4.29. The van der Waals surface area contributed by atoms with Crippen molar-refractivity contribution in [3.8, 4) is 0 Å². The van der Waals surface area contributed by atoms with Crippen molar-refractivity contribution < 1.29 is 4.79 Å². The van der Waals surface area contributed by atoms with Crippen molar-refractivity contribution in [1.82, 2.24) is 15.1 Å². The van der Waals surface area contributed by atoms with E-state index in [4.69, 9.17) is 0 Å². The Morgan fingerprint density at radius 2 is 2.33 bits per heavy atom. The monoisotopic (exact) mass is 307 g/mol. The molecule has 0 spiro atoms. The van der Waals surface area contributed by atoms with E-state index in [-0.39, 0.29) is 12.2 Å². The van der Waals surface area contributed by atoms with E-state index in [1.54, 1.807) is 11.3 Å². The van der Waals surface area contributed by atoms with Crippen molar-refractivity contribution in [2.45, 2.75) is 50.9 Å². The van der Waals surface area contributed by atoms with E-state index in [1.807, 2.05) is 0 Å². The first-order valence-corrected chi connectivity index (χ1v) is 8.89. The largest absolute Gasteiger partial charge is 0.316 e. The molecule has 5 heteroatoms. The van der Waals surface area contributed by atoms with Crippen LogP contribution < -0.4 is 5.32 Å². The van der Waals surface area contributed by atoms with Gasteiger partial charge in [0.25, 0.3) is 0 Å². The fraction of sp³-hybridized carbons (Fsp3) is 0.688. The normalized spacial score (nSPS) is 31.0. The number of rotatable bonds is 4. The molecular formula is C16H25N3OS. The molecular weight excluding hydrogens is 282 g/mol. The van der Waals surface area contributed by atoms with Crippen LogP contribution in [-0.2, 0) is 4.79 Å². The topological polar surface area (TPSA) is 35.6 Å². The molecule has 3 atom stereocenters. The van der Waals surface area contributed by atoms with Crippen LogP contribution in [0.5, 0.6) is 0 Å². The SMILES string of the molecule is CCCC1NC(c2cccs2)N(C2CCCN(C)C2)C1=O. The first-order chi connectivity index (χ1) is 10.2. The molecule has 2 fully saturated rings. The molecule has 4 nitrogen and oxygen atoms in total. The van der Waals surface area contributed by atoms with Crippen molar-refractivity contribution in [3.63, 3.8) is 0 Å². The summed E-state index contributed by atoms with van der Waals surface area (Å²) in [5, 5.41) is 5.67. The van der Waals surface area contributed by atoms with Crippen LogP contribution in [0.15, 0.2) is 17.5 Å². The van der Waals surface area contributed by atoms with Crippen molar-refractivity contribution in [3.05, 3.63) is 22.4 Å². The lowest BCUT2D eigenvalue weighted by Crippen LogP contribution is -2.48. The van der Waals surface area contributed by atoms with E-state index in [9.17, 15) is 4.79 Å². The smallest absolute Gasteiger partial charge is 0.241 e. The molecule has 2 saturated heterocycles. The van der Waals surface area contributed by atoms with Crippen LogP contribution >= 0.6 is 11.3 Å². The van der Waals surface area contributed by atoms with Gasteiger partial charge in [0.15, 0.2) is 0 Å². The van der Waals surface area contributed by atoms with E-state index < -0.39 is 0 Å². The summed E-state index contributed by atoms with van der Waals surface area (Å²) in [6, 6.07) is 4.56. The maximum atomic E-state index is 12.9. The van der Waals surface area contributed by atoms with Crippen LogP contribution in [0.4, 0.5) is 0 Å². The van der Waals surface area contributed by atoms with Gasteiger partial charge in [-0.2, -0.15) is 0 Å². The fourth-order valence-corrected chi connectivity index (χ4v) is 4.35. The third-order valence-corrected chi connectivity index (χ3v) is 5.50. The zero-order chi connectivity index (χ0) is 14.8. The number of hydrogen-bond acceptors (Lipinski definition) is 4. The zero-order valence-corrected chi connectivity index (χ0v) is 13.7. The van der Waals surface area contributed by atoms with Crippen LogP contribution in [0, 0.1) is 0 Å². The van der Waals surface area contributed by atoms with E-state index >= 15 is 0 Å². The molecule has 3 heterocycles. The number of carbonyl (C=O) groups excluding carboxylic acids is 1. The van der Waals surface area contributed by atoms with Gasteiger partial charge in [-0.15, -0.1) is 11.3 Å². The molecule has 3 unspecified atom stereocenters. The number of nitrogens with zero attached hydrogens (tertiary/aromatic N) is 2. The van der Waals surface area contributed by atoms with E-state index in [1.165, 1.54) is 11.3 Å². The lowest BCUT2D eigenvalue weighted by Gasteiger charge is -2.38. The van der Waals surface area contributed by atoms with Crippen molar-refractivity contribution >= 4 is 17.2 Å². The van der Waals surface area contributed by atoms with Gasteiger partial charge in [0, 0.05) is 17.5 Å². The summed E-state index contributed by atoms with van der Waals surface area (Å²) in [6.07, 6.45) is 4.35. The summed E-state index contributed by atoms with van der Waals surface area (Å²) in [5.41, 5.74) is 0. The molecule has 0 saturated carbocycles. The first kappa shape index (κ1) is 15.0. The Morgan fingerprint density at radius 1 is 1.48 bits per heavy atom. The van der Waals surface area contributed by atoms with Crippen molar-refractivity contribution in [2.75, 3.05) is 20.1 Å². The molecule has 0 radical (unpaired) electrons. The minimum Gasteiger partial charge on any atom is -0.316 e. The molecule has 2 aliphatic heterocycles. The standard InChI is InChI=1S/C16H25N3OS/c1-3-6-13-16(20)19(12-7-4-9-18(2)11-12)15(17-13)14-8-5-10-21-14/h5,8,10,12-13,15,17H,3-4,6-7,9,11H2,1-2H3. The number of likely N-dealkylation sites (N-methyl/N-ethyl adjacent to an activating group) is 1. The highest BCUT2D eigenvalue weighted by molar-refractivity contribution is 7.10. The highest BCUT2D eigenvalue weighted by atomic mass is 32.1. The summed E-state index contributed by atoms with van der Waals surface area (Å²) in [5.74, 6) is 0.301. The Bertz CT molecular complexity index is 476. The van der Waals surface area contributed by atoms with Gasteiger partial charge in [-0.05, 0) is 44.3 Å². The van der Waals surface area contributed by atoms with Gasteiger partial charge < -0.3 is 9.80 Å². The van der Waals surface area contributed by atoms with Crippen molar-refractivity contribution in [2.24, 2.45) is 0 Å². The molecule has 1 N–H and O–H groups in total. The minimum absolute atomic E-state index is 0.00525. The van der Waals surface area contributed by atoms with E-state index in [0.29, 0.717) is 11.9 Å². The average Bonchev–Trinajstić information content (AvgIpc) is 3.08. The molecule has 116 valence electrons. The Balaban J connectivity index is 1.84. The molecule has 2 aliphatic rings. The molecule has 1 aromatic heterocycles. The predicted octanol–water partition coefficient (Wildman–Crippen LogP) is 2.44. The van der Waals surface area contributed by atoms with Gasteiger partial charge >= 0.3 is 0 Å². The van der Waals surface area contributed by atoms with Crippen LogP contribution in [0.25, 0.3) is 0 Å². The summed E-state index contributed by atoms with van der Waals surface area (Å²) in [7, 11) is 2.16. The van der Waals surface area contributed by atoms with Crippen LogP contribution in [0.1, 0.15) is 43.6 Å². The molecule has 0 aliphatic carbocycles. The van der Waals surface area contributed by atoms with Gasteiger partial charge in [-0.25, -0.2) is 0 Å². The van der Waals surface area contributed by atoms with Gasteiger partial charge in [0.1, 0.15) is 6.17 Å². The minimum atomic E-state index is -0.00525. The number of amides is 1. The number of likely N-dealkylation sites (tertiary alicyclic amines) is 1. The number of nitrogens with one attached hydrogen (secondary N) is 1. The van der Waals surface area contributed by atoms with Crippen LogP contribution in [0.3, 0.4) is 0 Å². The highest BCUT2D eigenvalue weighted by Gasteiger charge is 2.43. The second kappa shape index (κ2) is 6.46. The second-order valence-electron chi connectivity index (χ2n) is 6.23. The predicted molar refractivity (Wildman–Crippen MR) is 86.3 cm³/mol. The van der Waals surface area contributed by atoms with Gasteiger partial charge in [0.05, 0.1) is 6.04 Å². The number of hydrogen-bond donors (Lipinski definition) is 1. The Kier molecular flexibility index (Phi) is 4.62. The van der Waals surface area contributed by atoms with Gasteiger partial charge in [-0.1, -0.05) is 19.4 Å². The van der Waals surface area contributed by atoms with Gasteiger partial charge in [0.2, 0.25) is 5.91 Å². The Labute approximate surface area is 131 Å². The van der Waals surface area contributed by atoms with Gasteiger partial charge in [-0.3, -0.25) is 10.1 Å². The quantitative estimate of drug-likeness (QED) is 0.928. The second-order valence-corrected chi connectivity index (χ2v) is 7.21. The molecule has 21 heavy (non-hydrogen) atoms. The Hall–Kier alpha value is -0.910. The third kappa shape index (κ3) is 3.00. The zero-order valence-electron chi connectivity index (χ0n) is 12.9. The molecule has 1 aromatic rings. The highest BCUT2D eigenvalue weighted by Crippen LogP contribution is 2.33. The average molecular weight is 307 g/mol. The Morgan fingerprint density at radius 3 is 3.00 bits per heavy atom. The first-order valence-electron chi connectivity index (χ1n) is 8.01. The fourth-order valence-electron chi connectivity index (χ4n) is 3.57. The molecule has 0 bridgehead atoms. The molecule has 0 aromatic carbocycles. The van der Waals surface area contributed by atoms with Crippen molar-refractivity contribution in [1.29, 1.82) is 0 Å². The van der Waals surface area contributed by atoms with E-state index in [2.05, 4.69) is 46.6 Å². The summed E-state index contributed by atoms with van der Waals surface area (Å²) < 4.78 is 0. The lowest BCUT2D eigenvalue weighted by atomic mass is 10.0. The van der Waals surface area contributed by atoms with Crippen LogP contribution in [-0.4, -0.2) is 47.9 Å². The summed E-state index contributed by atoms with van der Waals surface area (Å²) in [4.78, 5) is 18.6. The maximum Gasteiger partial charge on any atom is 0.241 e. The third-order valence-electron chi connectivity index (χ3n) is 4.57. The maximum absolute atomic E-state index is 12.9. The lowest BCUT2D eigenvalue weighted by molar-refractivity contribution is -0.133. The van der Waals surface area contributed by atoms with E-state index in [0.717, 1.165) is 32.4 Å². The van der Waals surface area contributed by atoms with Crippen LogP contribution in [0.2, 0.25) is 0 Å². The molecule has 3 rings (SSSR count).